The largest absolute Gasteiger partial charge is 0.333 e. The van der Waals surface area contributed by atoms with Crippen molar-refractivity contribution in [3.63, 3.8) is 0 Å². The van der Waals surface area contributed by atoms with Gasteiger partial charge < -0.3 is 15.5 Å². The molecule has 1 saturated heterocycles. The molecule has 7 nitrogen and oxygen atoms in total. The van der Waals surface area contributed by atoms with E-state index in [1.165, 1.54) is 16.7 Å². The minimum atomic E-state index is -0.0181. The Bertz CT molecular complexity index is 1320. The van der Waals surface area contributed by atoms with Crippen LogP contribution in [-0.4, -0.2) is 51.8 Å². The van der Waals surface area contributed by atoms with E-state index >= 15 is 0 Å². The lowest BCUT2D eigenvalue weighted by Gasteiger charge is -2.30. The lowest BCUT2D eigenvalue weighted by molar-refractivity contribution is 0.188. The van der Waals surface area contributed by atoms with Crippen LogP contribution in [0.5, 0.6) is 0 Å². The molecule has 1 fully saturated rings. The molecule has 3 N–H and O–H groups in total. The molecule has 0 saturated carbocycles. The molecule has 6 rings (SSSR count). The monoisotopic (exact) mass is 464 g/mol. The molecule has 4 aromatic rings. The number of aromatic nitrogens is 3. The molecule has 2 aliphatic rings. The molecule has 0 aliphatic carbocycles. The van der Waals surface area contributed by atoms with Crippen molar-refractivity contribution in [3.05, 3.63) is 95.9 Å². The van der Waals surface area contributed by atoms with Crippen molar-refractivity contribution < 1.29 is 4.79 Å². The molecule has 2 aromatic carbocycles. The van der Waals surface area contributed by atoms with E-state index in [4.69, 9.17) is 0 Å². The maximum atomic E-state index is 13.3. The van der Waals surface area contributed by atoms with Gasteiger partial charge in [-0.2, -0.15) is 5.10 Å². The second-order valence-electron chi connectivity index (χ2n) is 9.25. The van der Waals surface area contributed by atoms with Crippen molar-refractivity contribution in [3.8, 4) is 22.4 Å². The van der Waals surface area contributed by atoms with E-state index in [0.717, 1.165) is 42.0 Å². The first-order chi connectivity index (χ1) is 17.3. The van der Waals surface area contributed by atoms with Crippen LogP contribution in [0.15, 0.2) is 79.1 Å². The predicted molar refractivity (Wildman–Crippen MR) is 136 cm³/mol. The van der Waals surface area contributed by atoms with Crippen molar-refractivity contribution >= 4 is 6.03 Å². The van der Waals surface area contributed by atoms with Gasteiger partial charge in [0.1, 0.15) is 0 Å². The second kappa shape index (κ2) is 9.35. The van der Waals surface area contributed by atoms with Gasteiger partial charge in [0.2, 0.25) is 0 Å². The number of H-pyrrole nitrogens is 1. The topological polar surface area (TPSA) is 85.9 Å². The van der Waals surface area contributed by atoms with Crippen molar-refractivity contribution in [1.82, 2.24) is 30.7 Å². The molecule has 2 amide bonds. The Hall–Kier alpha value is -3.97. The minimum Gasteiger partial charge on any atom is -0.333 e. The average molecular weight is 465 g/mol. The molecule has 0 spiro atoms. The maximum absolute atomic E-state index is 13.3. The summed E-state index contributed by atoms with van der Waals surface area (Å²) in [6, 6.07) is 23.0. The number of fused-ring (bicyclic) bond motifs is 1. The molecule has 2 aromatic heterocycles. The molecule has 4 heterocycles. The lowest BCUT2D eigenvalue weighted by atomic mass is 9.91. The highest BCUT2D eigenvalue weighted by atomic mass is 16.2. The highest BCUT2D eigenvalue weighted by Crippen LogP contribution is 2.30. The fourth-order valence-corrected chi connectivity index (χ4v) is 5.23. The third-order valence-corrected chi connectivity index (χ3v) is 7.12. The maximum Gasteiger partial charge on any atom is 0.317 e. The van der Waals surface area contributed by atoms with E-state index < -0.39 is 0 Å². The fourth-order valence-electron chi connectivity index (χ4n) is 5.23. The number of rotatable bonds is 4. The molecule has 0 bridgehead atoms. The molecule has 2 atom stereocenters. The third-order valence-electron chi connectivity index (χ3n) is 7.12. The number of hydrogen-bond acceptors (Lipinski definition) is 4. The van der Waals surface area contributed by atoms with Crippen molar-refractivity contribution in [2.45, 2.75) is 24.9 Å². The lowest BCUT2D eigenvalue weighted by Crippen LogP contribution is -2.48. The summed E-state index contributed by atoms with van der Waals surface area (Å²) in [5, 5.41) is 14.5. The summed E-state index contributed by atoms with van der Waals surface area (Å²) in [5.74, 6) is 0.226. The number of carbonyl (C=O) groups is 1. The van der Waals surface area contributed by atoms with Crippen molar-refractivity contribution in [1.29, 1.82) is 0 Å². The number of hydrogen-bond donors (Lipinski definition) is 3. The Morgan fingerprint density at radius 1 is 0.943 bits per heavy atom. The predicted octanol–water partition coefficient (Wildman–Crippen LogP) is 3.96. The Balaban J connectivity index is 1.17. The van der Waals surface area contributed by atoms with Gasteiger partial charge in [0.25, 0.3) is 0 Å². The minimum absolute atomic E-state index is 0.0181. The molecular formula is C28H28N6O. The number of benzene rings is 2. The zero-order chi connectivity index (χ0) is 23.6. The number of nitrogens with zero attached hydrogens (tertiary/aromatic N) is 3. The van der Waals surface area contributed by atoms with Crippen molar-refractivity contribution in [2.24, 2.45) is 0 Å². The van der Waals surface area contributed by atoms with Gasteiger partial charge in [0.05, 0.1) is 18.3 Å². The number of nitrogens with one attached hydrogen (secondary N) is 3. The van der Waals surface area contributed by atoms with Crippen LogP contribution in [0.2, 0.25) is 0 Å². The molecule has 0 radical (unpaired) electrons. The van der Waals surface area contributed by atoms with Crippen LogP contribution in [0.1, 0.15) is 22.7 Å². The van der Waals surface area contributed by atoms with Crippen LogP contribution in [-0.2, 0) is 13.0 Å². The molecule has 2 aliphatic heterocycles. The summed E-state index contributed by atoms with van der Waals surface area (Å²) in [4.78, 5) is 19.4. The van der Waals surface area contributed by atoms with Crippen LogP contribution in [0.3, 0.4) is 0 Å². The smallest absolute Gasteiger partial charge is 0.317 e. The van der Waals surface area contributed by atoms with Crippen LogP contribution in [0.25, 0.3) is 22.4 Å². The van der Waals surface area contributed by atoms with Crippen LogP contribution in [0, 0.1) is 0 Å². The Kier molecular flexibility index (Phi) is 5.76. The van der Waals surface area contributed by atoms with Gasteiger partial charge in [-0.15, -0.1) is 0 Å². The third kappa shape index (κ3) is 4.31. The molecule has 7 heteroatoms. The van der Waals surface area contributed by atoms with Crippen LogP contribution < -0.4 is 10.6 Å². The number of amides is 2. The van der Waals surface area contributed by atoms with Crippen LogP contribution in [0.4, 0.5) is 4.79 Å². The van der Waals surface area contributed by atoms with Gasteiger partial charge in [-0.3, -0.25) is 10.1 Å². The molecule has 1 unspecified atom stereocenters. The summed E-state index contributed by atoms with van der Waals surface area (Å²) >= 11 is 0. The zero-order valence-electron chi connectivity index (χ0n) is 19.4. The fraction of sp³-hybridized carbons (Fsp3) is 0.250. The molecule has 176 valence electrons. The number of carbonyl (C=O) groups excluding carboxylic acids is 1. The summed E-state index contributed by atoms with van der Waals surface area (Å²) in [6.45, 7) is 2.83. The Morgan fingerprint density at radius 3 is 2.63 bits per heavy atom. The Morgan fingerprint density at radius 2 is 1.77 bits per heavy atom. The van der Waals surface area contributed by atoms with Crippen LogP contribution >= 0.6 is 0 Å². The highest BCUT2D eigenvalue weighted by molar-refractivity contribution is 5.76. The van der Waals surface area contributed by atoms with E-state index in [2.05, 4.69) is 74.3 Å². The van der Waals surface area contributed by atoms with E-state index in [1.54, 1.807) is 12.4 Å². The van der Waals surface area contributed by atoms with Gasteiger partial charge in [-0.25, -0.2) is 4.79 Å². The SMILES string of the molecule is O=C(NC1CNC[C@H]1c1cccc(-c2ccccc2)c1)N1CCc2[nH]nc(-c3ccncc3)c2C1. The first kappa shape index (κ1) is 21.6. The van der Waals surface area contributed by atoms with E-state index in [9.17, 15) is 4.79 Å². The Labute approximate surface area is 204 Å². The molecular weight excluding hydrogens is 436 g/mol. The van der Waals surface area contributed by atoms with Gasteiger partial charge in [0, 0.05) is 61.2 Å². The number of pyridine rings is 1. The summed E-state index contributed by atoms with van der Waals surface area (Å²) < 4.78 is 0. The van der Waals surface area contributed by atoms with Crippen molar-refractivity contribution in [2.75, 3.05) is 19.6 Å². The van der Waals surface area contributed by atoms with E-state index in [-0.39, 0.29) is 18.0 Å². The number of urea groups is 1. The van der Waals surface area contributed by atoms with E-state index in [1.807, 2.05) is 23.1 Å². The molecule has 35 heavy (non-hydrogen) atoms. The highest BCUT2D eigenvalue weighted by Gasteiger charge is 2.32. The quantitative estimate of drug-likeness (QED) is 0.427. The number of aromatic amines is 1. The van der Waals surface area contributed by atoms with Gasteiger partial charge in [0.15, 0.2) is 0 Å². The summed E-state index contributed by atoms with van der Waals surface area (Å²) in [5.41, 5.74) is 7.77. The normalized spacial score (nSPS) is 19.4. The first-order valence-electron chi connectivity index (χ1n) is 12.1. The zero-order valence-corrected chi connectivity index (χ0v) is 19.4. The van der Waals surface area contributed by atoms with Gasteiger partial charge >= 0.3 is 6.03 Å². The first-order valence-corrected chi connectivity index (χ1v) is 12.1. The van der Waals surface area contributed by atoms with Gasteiger partial charge in [-0.05, 0) is 28.8 Å². The van der Waals surface area contributed by atoms with Gasteiger partial charge in [-0.1, -0.05) is 54.6 Å². The summed E-state index contributed by atoms with van der Waals surface area (Å²) in [6.07, 6.45) is 4.31. The van der Waals surface area contributed by atoms with E-state index in [0.29, 0.717) is 13.1 Å². The standard InChI is InChI=1S/C28H28N6O/c35-28(34-14-11-25-24(18-34)27(33-32-25)20-9-12-29-13-10-20)31-26-17-30-16-23(26)22-8-4-7-21(15-22)19-5-2-1-3-6-19/h1-10,12-13,15,23,26,30H,11,14,16-18H2,(H,31,35)(H,32,33)/t23-,26?/m0/s1. The average Bonchev–Trinajstić information content (AvgIpc) is 3.56. The second-order valence-corrected chi connectivity index (χ2v) is 9.25. The summed E-state index contributed by atoms with van der Waals surface area (Å²) in [7, 11) is 0.